The SMILES string of the molecule is CCOc1cc(C[C@H]2SC(=O)N(c3cccc(Cl)c3)C2=O)ccc1OC. The van der Waals surface area contributed by atoms with Crippen LogP contribution in [0.3, 0.4) is 0 Å². The predicted molar refractivity (Wildman–Crippen MR) is 104 cm³/mol. The summed E-state index contributed by atoms with van der Waals surface area (Å²) in [7, 11) is 1.58. The van der Waals surface area contributed by atoms with Crippen molar-refractivity contribution in [2.75, 3.05) is 18.6 Å². The van der Waals surface area contributed by atoms with Crippen molar-refractivity contribution in [1.29, 1.82) is 0 Å². The Bertz CT molecular complexity index is 842. The number of carbonyl (C=O) groups is 2. The molecule has 0 N–H and O–H groups in total. The maximum absolute atomic E-state index is 12.8. The van der Waals surface area contributed by atoms with E-state index in [0.717, 1.165) is 17.3 Å². The average molecular weight is 392 g/mol. The molecule has 2 amide bonds. The zero-order valence-electron chi connectivity index (χ0n) is 14.4. The summed E-state index contributed by atoms with van der Waals surface area (Å²) in [5.74, 6) is 1.02. The van der Waals surface area contributed by atoms with E-state index in [4.69, 9.17) is 21.1 Å². The van der Waals surface area contributed by atoms with E-state index in [-0.39, 0.29) is 11.1 Å². The van der Waals surface area contributed by atoms with E-state index >= 15 is 0 Å². The minimum absolute atomic E-state index is 0.240. The molecule has 0 aliphatic carbocycles. The molecule has 1 aliphatic heterocycles. The summed E-state index contributed by atoms with van der Waals surface area (Å²) in [5.41, 5.74) is 1.40. The molecule has 3 rings (SSSR count). The van der Waals surface area contributed by atoms with Crippen LogP contribution in [0.1, 0.15) is 12.5 Å². The third-order valence-corrected chi connectivity index (χ3v) is 5.21. The van der Waals surface area contributed by atoms with Crippen LogP contribution in [0.15, 0.2) is 42.5 Å². The molecule has 1 aliphatic rings. The van der Waals surface area contributed by atoms with Crippen molar-refractivity contribution >= 4 is 40.2 Å². The number of hydrogen-bond donors (Lipinski definition) is 0. The van der Waals surface area contributed by atoms with E-state index in [1.54, 1.807) is 37.4 Å². The van der Waals surface area contributed by atoms with Crippen molar-refractivity contribution in [3.05, 3.63) is 53.1 Å². The summed E-state index contributed by atoms with van der Waals surface area (Å²) in [6, 6.07) is 12.3. The average Bonchev–Trinajstić information content (AvgIpc) is 2.89. The van der Waals surface area contributed by atoms with Crippen molar-refractivity contribution in [2.24, 2.45) is 0 Å². The molecular formula is C19H18ClNO4S. The summed E-state index contributed by atoms with van der Waals surface area (Å²) in [6.45, 7) is 2.40. The van der Waals surface area contributed by atoms with Gasteiger partial charge >= 0.3 is 0 Å². The second kappa shape index (κ2) is 8.01. The third-order valence-electron chi connectivity index (χ3n) is 3.94. The maximum Gasteiger partial charge on any atom is 0.293 e. The van der Waals surface area contributed by atoms with Crippen LogP contribution in [0, 0.1) is 0 Å². The molecular weight excluding hydrogens is 374 g/mol. The molecule has 1 saturated heterocycles. The van der Waals surface area contributed by atoms with Gasteiger partial charge in [-0.3, -0.25) is 9.59 Å². The molecule has 5 nitrogen and oxygen atoms in total. The molecule has 26 heavy (non-hydrogen) atoms. The number of benzene rings is 2. The van der Waals surface area contributed by atoms with Gasteiger partial charge in [-0.25, -0.2) is 4.90 Å². The highest BCUT2D eigenvalue weighted by Crippen LogP contribution is 2.36. The van der Waals surface area contributed by atoms with Crippen LogP contribution in [-0.4, -0.2) is 30.1 Å². The van der Waals surface area contributed by atoms with Gasteiger partial charge in [-0.15, -0.1) is 0 Å². The lowest BCUT2D eigenvalue weighted by Crippen LogP contribution is -2.32. The first-order valence-corrected chi connectivity index (χ1v) is 9.39. The normalized spacial score (nSPS) is 16.9. The van der Waals surface area contributed by atoms with E-state index in [1.807, 2.05) is 19.1 Å². The van der Waals surface area contributed by atoms with Gasteiger partial charge < -0.3 is 9.47 Å². The Labute approximate surface area is 161 Å². The molecule has 2 aromatic rings. The van der Waals surface area contributed by atoms with Crippen molar-refractivity contribution in [3.8, 4) is 11.5 Å². The monoisotopic (exact) mass is 391 g/mol. The number of methoxy groups -OCH3 is 1. The number of imide groups is 1. The van der Waals surface area contributed by atoms with Gasteiger partial charge in [0, 0.05) is 5.02 Å². The first kappa shape index (κ1) is 18.6. The number of carbonyl (C=O) groups excluding carboxylic acids is 2. The van der Waals surface area contributed by atoms with Gasteiger partial charge in [0.2, 0.25) is 5.91 Å². The lowest BCUT2D eigenvalue weighted by Gasteiger charge is -2.15. The smallest absolute Gasteiger partial charge is 0.293 e. The quantitative estimate of drug-likeness (QED) is 0.722. The van der Waals surface area contributed by atoms with E-state index in [9.17, 15) is 9.59 Å². The van der Waals surface area contributed by atoms with Gasteiger partial charge in [0.1, 0.15) is 0 Å². The highest BCUT2D eigenvalue weighted by molar-refractivity contribution is 8.15. The number of halogens is 1. The predicted octanol–water partition coefficient (Wildman–Crippen LogP) is 4.56. The van der Waals surface area contributed by atoms with Crippen LogP contribution < -0.4 is 14.4 Å². The van der Waals surface area contributed by atoms with E-state index in [0.29, 0.717) is 35.2 Å². The Hall–Kier alpha value is -2.18. The number of anilines is 1. The highest BCUT2D eigenvalue weighted by Gasteiger charge is 2.40. The van der Waals surface area contributed by atoms with Crippen LogP contribution in [0.5, 0.6) is 11.5 Å². The fourth-order valence-corrected chi connectivity index (χ4v) is 3.98. The molecule has 1 heterocycles. The van der Waals surface area contributed by atoms with Crippen molar-refractivity contribution in [3.63, 3.8) is 0 Å². The lowest BCUT2D eigenvalue weighted by atomic mass is 10.1. The first-order valence-electron chi connectivity index (χ1n) is 8.13. The fraction of sp³-hybridized carbons (Fsp3) is 0.263. The molecule has 0 bridgehead atoms. The Balaban J connectivity index is 1.80. The van der Waals surface area contributed by atoms with Crippen LogP contribution in [0.4, 0.5) is 10.5 Å². The molecule has 2 aromatic carbocycles. The maximum atomic E-state index is 12.8. The van der Waals surface area contributed by atoms with Crippen LogP contribution in [0.2, 0.25) is 5.02 Å². The summed E-state index contributed by atoms with van der Waals surface area (Å²) in [4.78, 5) is 26.3. The third kappa shape index (κ3) is 3.81. The topological polar surface area (TPSA) is 55.8 Å². The minimum Gasteiger partial charge on any atom is -0.493 e. The Morgan fingerprint density at radius 3 is 2.65 bits per heavy atom. The molecule has 0 saturated carbocycles. The first-order chi connectivity index (χ1) is 12.5. The Kier molecular flexibility index (Phi) is 5.74. The molecule has 1 fully saturated rings. The summed E-state index contributed by atoms with van der Waals surface area (Å²) >= 11 is 7.01. The van der Waals surface area contributed by atoms with Gasteiger partial charge in [-0.05, 0) is 49.2 Å². The molecule has 0 spiro atoms. The second-order valence-electron chi connectivity index (χ2n) is 5.65. The molecule has 0 unspecified atom stereocenters. The Morgan fingerprint density at radius 1 is 1.15 bits per heavy atom. The van der Waals surface area contributed by atoms with Gasteiger partial charge in [0.15, 0.2) is 11.5 Å². The van der Waals surface area contributed by atoms with Crippen LogP contribution >= 0.6 is 23.4 Å². The lowest BCUT2D eigenvalue weighted by molar-refractivity contribution is -0.117. The number of amides is 2. The minimum atomic E-state index is -0.482. The standard InChI is InChI=1S/C19H18ClNO4S/c1-3-25-16-9-12(7-8-15(16)24-2)10-17-18(22)21(19(23)26-17)14-6-4-5-13(20)11-14/h4-9,11,17H,3,10H2,1-2H3/t17-/m1/s1. The molecule has 0 aromatic heterocycles. The summed E-state index contributed by atoms with van der Waals surface area (Å²) in [6.07, 6.45) is 0.427. The van der Waals surface area contributed by atoms with Gasteiger partial charge in [-0.1, -0.05) is 35.5 Å². The Morgan fingerprint density at radius 2 is 1.96 bits per heavy atom. The van der Waals surface area contributed by atoms with Crippen LogP contribution in [0.25, 0.3) is 0 Å². The van der Waals surface area contributed by atoms with E-state index in [1.165, 1.54) is 4.90 Å². The molecule has 1 atom stereocenters. The number of thioether (sulfide) groups is 1. The molecule has 7 heteroatoms. The van der Waals surface area contributed by atoms with Gasteiger partial charge in [0.25, 0.3) is 5.24 Å². The largest absolute Gasteiger partial charge is 0.493 e. The van der Waals surface area contributed by atoms with Crippen molar-refractivity contribution in [1.82, 2.24) is 0 Å². The van der Waals surface area contributed by atoms with Crippen molar-refractivity contribution < 1.29 is 19.1 Å². The van der Waals surface area contributed by atoms with E-state index in [2.05, 4.69) is 0 Å². The highest BCUT2D eigenvalue weighted by atomic mass is 35.5. The zero-order valence-corrected chi connectivity index (χ0v) is 16.0. The number of rotatable bonds is 6. The fourth-order valence-electron chi connectivity index (χ4n) is 2.77. The second-order valence-corrected chi connectivity index (χ2v) is 7.24. The number of nitrogens with zero attached hydrogens (tertiary/aromatic N) is 1. The van der Waals surface area contributed by atoms with Gasteiger partial charge in [0.05, 0.1) is 24.7 Å². The number of hydrogen-bond acceptors (Lipinski definition) is 5. The molecule has 136 valence electrons. The van der Waals surface area contributed by atoms with Crippen LogP contribution in [-0.2, 0) is 11.2 Å². The summed E-state index contributed by atoms with van der Waals surface area (Å²) < 4.78 is 10.9. The number of ether oxygens (including phenoxy) is 2. The zero-order chi connectivity index (χ0) is 18.7. The molecule has 0 radical (unpaired) electrons. The summed E-state index contributed by atoms with van der Waals surface area (Å²) in [5, 5.41) is -0.293. The van der Waals surface area contributed by atoms with Gasteiger partial charge in [-0.2, -0.15) is 0 Å². The van der Waals surface area contributed by atoms with Crippen molar-refractivity contribution in [2.45, 2.75) is 18.6 Å². The van der Waals surface area contributed by atoms with E-state index < -0.39 is 5.25 Å².